The topological polar surface area (TPSA) is 67.2 Å². The first-order valence-electron chi connectivity index (χ1n) is 7.56. The number of rotatable bonds is 4. The van der Waals surface area contributed by atoms with Crippen LogP contribution in [0.2, 0.25) is 0 Å². The van der Waals surface area contributed by atoms with E-state index in [4.69, 9.17) is 0 Å². The summed E-state index contributed by atoms with van der Waals surface area (Å²) >= 11 is 0. The van der Waals surface area contributed by atoms with E-state index in [-0.39, 0.29) is 17.7 Å². The van der Waals surface area contributed by atoms with E-state index in [1.165, 1.54) is 0 Å². The van der Waals surface area contributed by atoms with Crippen LogP contribution >= 0.6 is 0 Å². The van der Waals surface area contributed by atoms with E-state index >= 15 is 0 Å². The SMILES string of the molecule is CCc1nn(C)cc1N1C(=O)C(C(C)CC)NC(=O)C1C. The Balaban J connectivity index is 2.43. The molecule has 0 aliphatic carbocycles. The Bertz CT molecular complexity index is 552. The van der Waals surface area contributed by atoms with Crippen molar-refractivity contribution in [3.63, 3.8) is 0 Å². The highest BCUT2D eigenvalue weighted by molar-refractivity contribution is 6.08. The number of nitrogens with one attached hydrogen (secondary N) is 1. The molecule has 3 atom stereocenters. The molecule has 1 aromatic heterocycles. The summed E-state index contributed by atoms with van der Waals surface area (Å²) in [6.45, 7) is 7.76. The molecule has 21 heavy (non-hydrogen) atoms. The van der Waals surface area contributed by atoms with Crippen molar-refractivity contribution in [3.8, 4) is 0 Å². The fourth-order valence-electron chi connectivity index (χ4n) is 2.72. The normalized spacial score (nSPS) is 24.1. The van der Waals surface area contributed by atoms with Crippen molar-refractivity contribution in [2.45, 2.75) is 52.6 Å². The van der Waals surface area contributed by atoms with E-state index in [9.17, 15) is 9.59 Å². The van der Waals surface area contributed by atoms with Crippen molar-refractivity contribution in [2.24, 2.45) is 13.0 Å². The van der Waals surface area contributed by atoms with Gasteiger partial charge in [0.05, 0.1) is 11.4 Å². The fraction of sp³-hybridized carbons (Fsp3) is 0.667. The maximum atomic E-state index is 12.8. The van der Waals surface area contributed by atoms with Gasteiger partial charge in [0.1, 0.15) is 12.1 Å². The molecule has 2 rings (SSSR count). The average molecular weight is 292 g/mol. The van der Waals surface area contributed by atoms with Crippen molar-refractivity contribution in [1.29, 1.82) is 0 Å². The molecular weight excluding hydrogens is 268 g/mol. The maximum Gasteiger partial charge on any atom is 0.250 e. The Kier molecular flexibility index (Phi) is 4.34. The lowest BCUT2D eigenvalue weighted by Crippen LogP contribution is -2.64. The molecule has 0 radical (unpaired) electrons. The number of nitrogens with zero attached hydrogens (tertiary/aromatic N) is 3. The summed E-state index contributed by atoms with van der Waals surface area (Å²) < 4.78 is 1.69. The highest BCUT2D eigenvalue weighted by Crippen LogP contribution is 2.27. The van der Waals surface area contributed by atoms with Gasteiger partial charge in [-0.3, -0.25) is 19.2 Å². The van der Waals surface area contributed by atoms with Crippen molar-refractivity contribution >= 4 is 17.5 Å². The fourth-order valence-corrected chi connectivity index (χ4v) is 2.72. The molecule has 1 fully saturated rings. The minimum atomic E-state index is -0.507. The van der Waals surface area contributed by atoms with Crippen molar-refractivity contribution < 1.29 is 9.59 Å². The molecule has 0 saturated carbocycles. The Morgan fingerprint density at radius 3 is 2.62 bits per heavy atom. The van der Waals surface area contributed by atoms with E-state index < -0.39 is 12.1 Å². The van der Waals surface area contributed by atoms with Gasteiger partial charge in [0.15, 0.2) is 0 Å². The standard InChI is InChI=1S/C15H24N4O2/c1-6-9(3)13-15(21)19(10(4)14(20)16-13)12-8-18(5)17-11(12)7-2/h8-10,13H,6-7H2,1-5H3,(H,16,20). The molecule has 1 N–H and O–H groups in total. The van der Waals surface area contributed by atoms with E-state index in [1.807, 2.05) is 34.0 Å². The molecule has 1 aromatic rings. The third kappa shape index (κ3) is 2.66. The molecule has 1 aliphatic rings. The molecule has 116 valence electrons. The van der Waals surface area contributed by atoms with Gasteiger partial charge in [-0.2, -0.15) is 5.10 Å². The third-order valence-electron chi connectivity index (χ3n) is 4.26. The van der Waals surface area contributed by atoms with Gasteiger partial charge in [-0.25, -0.2) is 0 Å². The minimum Gasteiger partial charge on any atom is -0.342 e. The van der Waals surface area contributed by atoms with Crippen LogP contribution in [0.15, 0.2) is 6.20 Å². The van der Waals surface area contributed by atoms with Crippen molar-refractivity contribution in [3.05, 3.63) is 11.9 Å². The summed E-state index contributed by atoms with van der Waals surface area (Å²) in [7, 11) is 1.83. The predicted octanol–water partition coefficient (Wildman–Crippen LogP) is 1.25. The van der Waals surface area contributed by atoms with Gasteiger partial charge in [-0.15, -0.1) is 0 Å². The lowest BCUT2D eigenvalue weighted by atomic mass is 9.94. The molecule has 6 nitrogen and oxygen atoms in total. The number of piperazine rings is 1. The second-order valence-electron chi connectivity index (χ2n) is 5.74. The Morgan fingerprint density at radius 2 is 2.05 bits per heavy atom. The number of amides is 2. The molecule has 2 heterocycles. The zero-order valence-electron chi connectivity index (χ0n) is 13.4. The van der Waals surface area contributed by atoms with Crippen LogP contribution in [0.3, 0.4) is 0 Å². The average Bonchev–Trinajstić information content (AvgIpc) is 2.83. The third-order valence-corrected chi connectivity index (χ3v) is 4.26. The van der Waals surface area contributed by atoms with Gasteiger partial charge in [-0.05, 0) is 19.3 Å². The number of carbonyl (C=O) groups excluding carboxylic acids is 2. The minimum absolute atomic E-state index is 0.0425. The number of carbonyl (C=O) groups is 2. The van der Waals surface area contributed by atoms with Crippen LogP contribution in [0.4, 0.5) is 5.69 Å². The van der Waals surface area contributed by atoms with Crippen LogP contribution in [0.25, 0.3) is 0 Å². The van der Waals surface area contributed by atoms with Crippen LogP contribution < -0.4 is 10.2 Å². The van der Waals surface area contributed by atoms with E-state index in [0.29, 0.717) is 0 Å². The van der Waals surface area contributed by atoms with Gasteiger partial charge < -0.3 is 5.32 Å². The summed E-state index contributed by atoms with van der Waals surface area (Å²) in [6.07, 6.45) is 3.38. The molecule has 1 aliphatic heterocycles. The highest BCUT2D eigenvalue weighted by Gasteiger charge is 2.42. The van der Waals surface area contributed by atoms with Crippen molar-refractivity contribution in [1.82, 2.24) is 15.1 Å². The first-order chi connectivity index (χ1) is 9.90. The quantitative estimate of drug-likeness (QED) is 0.908. The smallest absolute Gasteiger partial charge is 0.250 e. The first-order valence-corrected chi connectivity index (χ1v) is 7.56. The zero-order chi connectivity index (χ0) is 15.7. The van der Waals surface area contributed by atoms with Gasteiger partial charge in [0.25, 0.3) is 5.91 Å². The molecule has 6 heteroatoms. The number of hydrogen-bond acceptors (Lipinski definition) is 3. The second-order valence-corrected chi connectivity index (χ2v) is 5.74. The van der Waals surface area contributed by atoms with Crippen LogP contribution in [0, 0.1) is 5.92 Å². The molecule has 0 bridgehead atoms. The molecule has 3 unspecified atom stereocenters. The van der Waals surface area contributed by atoms with Crippen LogP contribution in [0.1, 0.15) is 39.8 Å². The monoisotopic (exact) mass is 292 g/mol. The van der Waals surface area contributed by atoms with E-state index in [0.717, 1.165) is 24.2 Å². The van der Waals surface area contributed by atoms with Gasteiger partial charge in [-0.1, -0.05) is 27.2 Å². The zero-order valence-corrected chi connectivity index (χ0v) is 13.4. The Hall–Kier alpha value is -1.85. The number of aromatic nitrogens is 2. The van der Waals surface area contributed by atoms with Crippen molar-refractivity contribution in [2.75, 3.05) is 4.90 Å². The Labute approximate surface area is 125 Å². The molecule has 1 saturated heterocycles. The molecule has 0 aromatic carbocycles. The number of aryl methyl sites for hydroxylation is 2. The van der Waals surface area contributed by atoms with Crippen LogP contribution in [-0.2, 0) is 23.1 Å². The maximum absolute atomic E-state index is 12.8. The van der Waals surface area contributed by atoms with E-state index in [2.05, 4.69) is 10.4 Å². The first kappa shape index (κ1) is 15.5. The summed E-state index contributed by atoms with van der Waals surface area (Å²) in [5, 5.41) is 7.23. The van der Waals surface area contributed by atoms with Gasteiger partial charge >= 0.3 is 0 Å². The van der Waals surface area contributed by atoms with Gasteiger partial charge in [0.2, 0.25) is 5.91 Å². The highest BCUT2D eigenvalue weighted by atomic mass is 16.2. The summed E-state index contributed by atoms with van der Waals surface area (Å²) in [4.78, 5) is 26.7. The summed E-state index contributed by atoms with van der Waals surface area (Å²) in [5.41, 5.74) is 1.59. The predicted molar refractivity (Wildman–Crippen MR) is 80.9 cm³/mol. The largest absolute Gasteiger partial charge is 0.342 e. The molecular formula is C15H24N4O2. The molecule has 0 spiro atoms. The Morgan fingerprint density at radius 1 is 1.38 bits per heavy atom. The lowest BCUT2D eigenvalue weighted by molar-refractivity contribution is -0.134. The second kappa shape index (κ2) is 5.87. The summed E-state index contributed by atoms with van der Waals surface area (Å²) in [6, 6.07) is -0.962. The number of hydrogen-bond donors (Lipinski definition) is 1. The number of anilines is 1. The van der Waals surface area contributed by atoms with Gasteiger partial charge in [0, 0.05) is 13.2 Å². The molecule has 2 amide bonds. The van der Waals surface area contributed by atoms with Crippen LogP contribution in [-0.4, -0.2) is 33.7 Å². The van der Waals surface area contributed by atoms with E-state index in [1.54, 1.807) is 16.5 Å². The summed E-state index contributed by atoms with van der Waals surface area (Å²) in [5.74, 6) is -0.0387. The lowest BCUT2D eigenvalue weighted by Gasteiger charge is -2.39. The van der Waals surface area contributed by atoms with Crippen LogP contribution in [0.5, 0.6) is 0 Å².